The van der Waals surface area contributed by atoms with E-state index < -0.39 is 5.97 Å². The van der Waals surface area contributed by atoms with Crippen LogP contribution in [0.25, 0.3) is 0 Å². The van der Waals surface area contributed by atoms with Crippen LogP contribution >= 0.6 is 0 Å². The third-order valence-electron chi connectivity index (χ3n) is 1.41. The number of hydrogen-bond acceptors (Lipinski definition) is 3. The molecule has 0 aliphatic heterocycles. The molecule has 0 aromatic heterocycles. The standard InChI is InChI=1S/C8H14N2O2/c1-4-7(2)5-10(9-3)6-8(11)12/h5H,3-4,6H2,1-2H3,(H,11,12)/b7-5+. The Kier molecular flexibility index (Phi) is 4.76. The number of carboxylic acids is 1. The van der Waals surface area contributed by atoms with Gasteiger partial charge in [-0.15, -0.1) is 0 Å². The largest absolute Gasteiger partial charge is 0.480 e. The summed E-state index contributed by atoms with van der Waals surface area (Å²) in [7, 11) is 0. The van der Waals surface area contributed by atoms with Gasteiger partial charge in [0.05, 0.1) is 0 Å². The van der Waals surface area contributed by atoms with Crippen molar-refractivity contribution in [2.24, 2.45) is 5.10 Å². The fraction of sp³-hybridized carbons (Fsp3) is 0.500. The maximum Gasteiger partial charge on any atom is 0.325 e. The van der Waals surface area contributed by atoms with E-state index in [1.54, 1.807) is 6.20 Å². The van der Waals surface area contributed by atoms with Gasteiger partial charge in [-0.1, -0.05) is 12.5 Å². The Hall–Kier alpha value is -1.32. The lowest BCUT2D eigenvalue weighted by molar-refractivity contribution is -0.137. The molecule has 0 saturated carbocycles. The summed E-state index contributed by atoms with van der Waals surface area (Å²) in [5.41, 5.74) is 1.07. The minimum Gasteiger partial charge on any atom is -0.480 e. The molecular weight excluding hydrogens is 156 g/mol. The molecule has 0 bridgehead atoms. The Balaban J connectivity index is 4.16. The van der Waals surface area contributed by atoms with Crippen molar-refractivity contribution in [1.82, 2.24) is 5.01 Å². The number of hydrazone groups is 1. The topological polar surface area (TPSA) is 52.9 Å². The van der Waals surface area contributed by atoms with Crippen molar-refractivity contribution in [3.63, 3.8) is 0 Å². The molecule has 0 unspecified atom stereocenters. The summed E-state index contributed by atoms with van der Waals surface area (Å²) in [5, 5.41) is 13.3. The first-order valence-corrected chi connectivity index (χ1v) is 3.72. The van der Waals surface area contributed by atoms with Crippen molar-refractivity contribution in [3.05, 3.63) is 11.8 Å². The highest BCUT2D eigenvalue weighted by Crippen LogP contribution is 2.01. The molecule has 0 heterocycles. The van der Waals surface area contributed by atoms with Crippen LogP contribution in [-0.4, -0.2) is 29.3 Å². The molecule has 68 valence electrons. The summed E-state index contributed by atoms with van der Waals surface area (Å²) in [5.74, 6) is -0.914. The molecule has 0 fully saturated rings. The first kappa shape index (κ1) is 10.7. The second-order valence-corrected chi connectivity index (χ2v) is 2.46. The van der Waals surface area contributed by atoms with E-state index in [-0.39, 0.29) is 6.54 Å². The van der Waals surface area contributed by atoms with Gasteiger partial charge in [-0.2, -0.15) is 5.10 Å². The minimum absolute atomic E-state index is 0.138. The summed E-state index contributed by atoms with van der Waals surface area (Å²) in [6.45, 7) is 7.04. The number of allylic oxidation sites excluding steroid dienone is 1. The van der Waals surface area contributed by atoms with E-state index in [0.29, 0.717) is 0 Å². The average Bonchev–Trinajstić information content (AvgIpc) is 2.02. The van der Waals surface area contributed by atoms with Crippen LogP contribution in [0, 0.1) is 0 Å². The molecule has 0 aliphatic rings. The van der Waals surface area contributed by atoms with Gasteiger partial charge >= 0.3 is 5.97 Å². The molecule has 0 aromatic rings. The Labute approximate surface area is 72.2 Å². The predicted molar refractivity (Wildman–Crippen MR) is 47.9 cm³/mol. The van der Waals surface area contributed by atoms with E-state index in [1.165, 1.54) is 5.01 Å². The van der Waals surface area contributed by atoms with E-state index in [0.717, 1.165) is 12.0 Å². The molecule has 0 atom stereocenters. The van der Waals surface area contributed by atoms with Crippen LogP contribution in [0.5, 0.6) is 0 Å². The Morgan fingerprint density at radius 3 is 2.67 bits per heavy atom. The zero-order valence-electron chi connectivity index (χ0n) is 7.45. The number of aliphatic carboxylic acids is 1. The highest BCUT2D eigenvalue weighted by Gasteiger charge is 2.02. The molecule has 0 spiro atoms. The van der Waals surface area contributed by atoms with Gasteiger partial charge in [-0.3, -0.25) is 9.80 Å². The van der Waals surface area contributed by atoms with E-state index in [9.17, 15) is 4.79 Å². The quantitative estimate of drug-likeness (QED) is 0.500. The molecule has 1 N–H and O–H groups in total. The number of carbonyl (C=O) groups is 1. The van der Waals surface area contributed by atoms with Gasteiger partial charge in [0.2, 0.25) is 0 Å². The van der Waals surface area contributed by atoms with Gasteiger partial charge in [0.25, 0.3) is 0 Å². The maximum atomic E-state index is 10.3. The molecule has 12 heavy (non-hydrogen) atoms. The van der Waals surface area contributed by atoms with Crippen LogP contribution in [0.15, 0.2) is 16.9 Å². The number of rotatable bonds is 5. The fourth-order valence-corrected chi connectivity index (χ4v) is 0.621. The summed E-state index contributed by atoms with van der Waals surface area (Å²) >= 11 is 0. The van der Waals surface area contributed by atoms with Crippen molar-refractivity contribution in [2.75, 3.05) is 6.54 Å². The molecule has 0 rings (SSSR count). The maximum absolute atomic E-state index is 10.3. The van der Waals surface area contributed by atoms with Gasteiger partial charge in [0, 0.05) is 12.9 Å². The number of hydrogen-bond donors (Lipinski definition) is 1. The van der Waals surface area contributed by atoms with Gasteiger partial charge < -0.3 is 5.11 Å². The normalized spacial score (nSPS) is 11.0. The Bertz CT molecular complexity index is 199. The smallest absolute Gasteiger partial charge is 0.325 e. The van der Waals surface area contributed by atoms with Crippen LogP contribution in [-0.2, 0) is 4.79 Å². The van der Waals surface area contributed by atoms with Gasteiger partial charge in [0.1, 0.15) is 6.54 Å². The molecule has 4 heteroatoms. The molecule has 0 aromatic carbocycles. The molecule has 0 radical (unpaired) electrons. The molecule has 4 nitrogen and oxygen atoms in total. The van der Waals surface area contributed by atoms with Crippen molar-refractivity contribution < 1.29 is 9.90 Å². The highest BCUT2D eigenvalue weighted by molar-refractivity contribution is 5.69. The molecular formula is C8H14N2O2. The van der Waals surface area contributed by atoms with Crippen LogP contribution in [0.1, 0.15) is 20.3 Å². The third-order valence-corrected chi connectivity index (χ3v) is 1.41. The van der Waals surface area contributed by atoms with E-state index >= 15 is 0 Å². The van der Waals surface area contributed by atoms with Crippen LogP contribution in [0.4, 0.5) is 0 Å². The van der Waals surface area contributed by atoms with E-state index in [1.807, 2.05) is 13.8 Å². The first-order chi connectivity index (χ1) is 5.60. The van der Waals surface area contributed by atoms with Crippen LogP contribution in [0.3, 0.4) is 0 Å². The van der Waals surface area contributed by atoms with Gasteiger partial charge in [-0.25, -0.2) is 0 Å². The minimum atomic E-state index is -0.914. The van der Waals surface area contributed by atoms with E-state index in [2.05, 4.69) is 11.8 Å². The van der Waals surface area contributed by atoms with Gasteiger partial charge in [0.15, 0.2) is 0 Å². The van der Waals surface area contributed by atoms with Crippen molar-refractivity contribution in [1.29, 1.82) is 0 Å². The zero-order valence-corrected chi connectivity index (χ0v) is 7.45. The monoisotopic (exact) mass is 170 g/mol. The highest BCUT2D eigenvalue weighted by atomic mass is 16.4. The Morgan fingerprint density at radius 1 is 1.75 bits per heavy atom. The third kappa shape index (κ3) is 4.49. The van der Waals surface area contributed by atoms with Gasteiger partial charge in [-0.05, 0) is 13.3 Å². The fourth-order valence-electron chi connectivity index (χ4n) is 0.621. The zero-order chi connectivity index (χ0) is 9.56. The Morgan fingerprint density at radius 2 is 2.33 bits per heavy atom. The lowest BCUT2D eigenvalue weighted by Gasteiger charge is -2.11. The van der Waals surface area contributed by atoms with E-state index in [4.69, 9.17) is 5.11 Å². The summed E-state index contributed by atoms with van der Waals surface area (Å²) in [4.78, 5) is 10.3. The number of nitrogens with zero attached hydrogens (tertiary/aromatic N) is 2. The lowest BCUT2D eigenvalue weighted by atomic mass is 10.2. The summed E-state index contributed by atoms with van der Waals surface area (Å²) in [6, 6.07) is 0. The van der Waals surface area contributed by atoms with Crippen molar-refractivity contribution in [3.8, 4) is 0 Å². The first-order valence-electron chi connectivity index (χ1n) is 3.72. The lowest BCUT2D eigenvalue weighted by Crippen LogP contribution is -2.19. The molecule has 0 aliphatic carbocycles. The molecule has 0 saturated heterocycles. The van der Waals surface area contributed by atoms with Crippen molar-refractivity contribution in [2.45, 2.75) is 20.3 Å². The SMILES string of the molecule is C=NN(/C=C(\C)CC)CC(=O)O. The number of carboxylic acid groups (broad SMARTS) is 1. The van der Waals surface area contributed by atoms with Crippen molar-refractivity contribution >= 4 is 12.7 Å². The second kappa shape index (κ2) is 5.35. The molecule has 0 amide bonds. The van der Waals surface area contributed by atoms with Crippen LogP contribution < -0.4 is 0 Å². The average molecular weight is 170 g/mol. The predicted octanol–water partition coefficient (Wildman–Crippen LogP) is 1.30. The van der Waals surface area contributed by atoms with Crippen LogP contribution in [0.2, 0.25) is 0 Å². The second-order valence-electron chi connectivity index (χ2n) is 2.46. The summed E-state index contributed by atoms with van der Waals surface area (Å²) in [6.07, 6.45) is 2.56. The summed E-state index contributed by atoms with van der Waals surface area (Å²) < 4.78 is 0.